The first-order chi connectivity index (χ1) is 15.4. The van der Waals surface area contributed by atoms with Crippen LogP contribution >= 0.6 is 11.3 Å². The van der Waals surface area contributed by atoms with Crippen LogP contribution in [0.5, 0.6) is 0 Å². The molecule has 1 aliphatic carbocycles. The molecule has 170 valence electrons. The number of nitrogens with one attached hydrogen (secondary N) is 1. The van der Waals surface area contributed by atoms with Gasteiger partial charge in [0.15, 0.2) is 5.13 Å². The Bertz CT molecular complexity index is 981. The number of amides is 3. The summed E-state index contributed by atoms with van der Waals surface area (Å²) in [6, 6.07) is 5.36. The minimum atomic E-state index is -0.412. The number of benzene rings is 1. The normalized spacial score (nSPS) is 16.6. The predicted octanol–water partition coefficient (Wildman–Crippen LogP) is 3.33. The maximum absolute atomic E-state index is 13.2. The minimum Gasteiger partial charge on any atom is -0.342 e. The molecule has 0 bridgehead atoms. The van der Waals surface area contributed by atoms with Gasteiger partial charge in [-0.05, 0) is 55.9 Å². The molecular weight excluding hydrogens is 431 g/mol. The van der Waals surface area contributed by atoms with E-state index in [1.54, 1.807) is 5.38 Å². The topological polar surface area (TPSA) is 82.6 Å². The maximum atomic E-state index is 13.2. The first-order valence-electron chi connectivity index (χ1n) is 11.0. The van der Waals surface area contributed by atoms with Crippen LogP contribution in [-0.2, 0) is 16.0 Å². The number of likely N-dealkylation sites (tertiary alicyclic amines) is 1. The molecule has 4 rings (SSSR count). The first-order valence-corrected chi connectivity index (χ1v) is 11.9. The predicted molar refractivity (Wildman–Crippen MR) is 120 cm³/mol. The molecule has 0 unspecified atom stereocenters. The molecule has 2 aromatic rings. The van der Waals surface area contributed by atoms with E-state index in [1.807, 2.05) is 4.90 Å². The Balaban J connectivity index is 1.31. The number of nitrogens with zero attached hydrogens (tertiary/aromatic N) is 3. The van der Waals surface area contributed by atoms with Gasteiger partial charge in [0.2, 0.25) is 11.8 Å². The van der Waals surface area contributed by atoms with Crippen LogP contribution in [0.15, 0.2) is 29.6 Å². The Morgan fingerprint density at radius 3 is 2.50 bits per heavy atom. The Morgan fingerprint density at radius 1 is 1.16 bits per heavy atom. The molecule has 0 atom stereocenters. The zero-order chi connectivity index (χ0) is 22.7. The Kier molecular flexibility index (Phi) is 6.83. The van der Waals surface area contributed by atoms with Crippen LogP contribution in [0.3, 0.4) is 0 Å². The van der Waals surface area contributed by atoms with Crippen LogP contribution in [0.1, 0.15) is 48.7 Å². The summed E-state index contributed by atoms with van der Waals surface area (Å²) in [4.78, 5) is 45.7. The van der Waals surface area contributed by atoms with Crippen LogP contribution in [0, 0.1) is 11.7 Å². The van der Waals surface area contributed by atoms with Crippen molar-refractivity contribution >= 4 is 34.2 Å². The van der Waals surface area contributed by atoms with Gasteiger partial charge in [0, 0.05) is 30.1 Å². The number of piperidine rings is 1. The fourth-order valence-electron chi connectivity index (χ4n) is 3.80. The number of anilines is 1. The highest BCUT2D eigenvalue weighted by atomic mass is 32.1. The summed E-state index contributed by atoms with van der Waals surface area (Å²) in [5.74, 6) is -0.325. The molecule has 0 spiro atoms. The molecular formula is C23H27FN4O3S. The number of hydrogen-bond acceptors (Lipinski definition) is 5. The van der Waals surface area contributed by atoms with Crippen LogP contribution in [0.2, 0.25) is 0 Å². The molecule has 1 saturated carbocycles. The van der Waals surface area contributed by atoms with E-state index in [9.17, 15) is 18.8 Å². The van der Waals surface area contributed by atoms with E-state index < -0.39 is 5.82 Å². The molecule has 2 fully saturated rings. The van der Waals surface area contributed by atoms with E-state index in [-0.39, 0.29) is 36.7 Å². The SMILES string of the molecule is CC1CCN(C(=O)Cc2csc(NC(=O)CN(C(=O)c3ccc(F)cc3)C3CC3)n2)CC1. The molecule has 3 amide bonds. The number of carbonyl (C=O) groups is 3. The van der Waals surface area contributed by atoms with Gasteiger partial charge >= 0.3 is 0 Å². The van der Waals surface area contributed by atoms with Crippen LogP contribution in [0.25, 0.3) is 0 Å². The number of carbonyl (C=O) groups excluding carboxylic acids is 3. The third-order valence-electron chi connectivity index (χ3n) is 5.92. The van der Waals surface area contributed by atoms with Crippen molar-refractivity contribution in [2.24, 2.45) is 5.92 Å². The van der Waals surface area contributed by atoms with Gasteiger partial charge in [-0.2, -0.15) is 0 Å². The quantitative estimate of drug-likeness (QED) is 0.690. The van der Waals surface area contributed by atoms with Crippen LogP contribution in [-0.4, -0.2) is 58.2 Å². The highest BCUT2D eigenvalue weighted by Gasteiger charge is 2.34. The number of hydrogen-bond donors (Lipinski definition) is 1. The van der Waals surface area contributed by atoms with E-state index in [0.717, 1.165) is 38.8 Å². The average Bonchev–Trinajstić information content (AvgIpc) is 3.53. The average molecular weight is 459 g/mol. The van der Waals surface area contributed by atoms with E-state index >= 15 is 0 Å². The van der Waals surface area contributed by atoms with Gasteiger partial charge in [-0.15, -0.1) is 11.3 Å². The van der Waals surface area contributed by atoms with Gasteiger partial charge in [-0.3, -0.25) is 14.4 Å². The maximum Gasteiger partial charge on any atom is 0.254 e. The van der Waals surface area contributed by atoms with Crippen molar-refractivity contribution in [1.82, 2.24) is 14.8 Å². The van der Waals surface area contributed by atoms with Crippen molar-refractivity contribution in [3.05, 3.63) is 46.7 Å². The summed E-state index contributed by atoms with van der Waals surface area (Å²) in [6.45, 7) is 3.68. The van der Waals surface area contributed by atoms with Gasteiger partial charge < -0.3 is 15.1 Å². The summed E-state index contributed by atoms with van der Waals surface area (Å²) < 4.78 is 13.2. The second kappa shape index (κ2) is 9.77. The zero-order valence-corrected chi connectivity index (χ0v) is 18.9. The second-order valence-corrected chi connectivity index (χ2v) is 9.46. The van der Waals surface area contributed by atoms with Crippen LogP contribution in [0.4, 0.5) is 9.52 Å². The molecule has 2 heterocycles. The molecule has 32 heavy (non-hydrogen) atoms. The summed E-state index contributed by atoms with van der Waals surface area (Å²) >= 11 is 1.27. The summed E-state index contributed by atoms with van der Waals surface area (Å²) in [5.41, 5.74) is 0.989. The molecule has 0 radical (unpaired) electrons. The van der Waals surface area contributed by atoms with Crippen molar-refractivity contribution in [2.45, 2.75) is 45.1 Å². The monoisotopic (exact) mass is 458 g/mol. The summed E-state index contributed by atoms with van der Waals surface area (Å²) in [5, 5.41) is 4.93. The molecule has 1 saturated heterocycles. The van der Waals surface area contributed by atoms with E-state index in [1.165, 1.54) is 40.5 Å². The van der Waals surface area contributed by atoms with E-state index in [2.05, 4.69) is 17.2 Å². The van der Waals surface area contributed by atoms with Crippen molar-refractivity contribution in [3.8, 4) is 0 Å². The van der Waals surface area contributed by atoms with Gasteiger partial charge in [0.25, 0.3) is 5.91 Å². The highest BCUT2D eigenvalue weighted by Crippen LogP contribution is 2.28. The third kappa shape index (κ3) is 5.70. The lowest BCUT2D eigenvalue weighted by molar-refractivity contribution is -0.131. The summed E-state index contributed by atoms with van der Waals surface area (Å²) in [6.07, 6.45) is 3.96. The molecule has 1 aromatic heterocycles. The van der Waals surface area contributed by atoms with Crippen molar-refractivity contribution in [1.29, 1.82) is 0 Å². The fourth-order valence-corrected chi connectivity index (χ4v) is 4.52. The second-order valence-electron chi connectivity index (χ2n) is 8.60. The van der Waals surface area contributed by atoms with Gasteiger partial charge in [0.05, 0.1) is 12.1 Å². The molecule has 1 aromatic carbocycles. The zero-order valence-electron chi connectivity index (χ0n) is 18.1. The smallest absolute Gasteiger partial charge is 0.254 e. The lowest BCUT2D eigenvalue weighted by Gasteiger charge is -2.30. The number of aromatic nitrogens is 1. The number of rotatable bonds is 7. The minimum absolute atomic E-state index is 0.0232. The first kappa shape index (κ1) is 22.4. The largest absolute Gasteiger partial charge is 0.342 e. The van der Waals surface area contributed by atoms with E-state index in [4.69, 9.17) is 0 Å². The van der Waals surface area contributed by atoms with Crippen molar-refractivity contribution < 1.29 is 18.8 Å². The standard InChI is InChI=1S/C23H27FN4O3S/c1-15-8-10-27(11-9-15)21(30)12-18-14-32-23(25-18)26-20(29)13-28(19-6-7-19)22(31)16-2-4-17(24)5-3-16/h2-5,14-15,19H,6-13H2,1H3,(H,25,26,29). The third-order valence-corrected chi connectivity index (χ3v) is 6.73. The van der Waals surface area contributed by atoms with Gasteiger partial charge in [-0.1, -0.05) is 6.92 Å². The molecule has 2 aliphatic rings. The molecule has 1 aliphatic heterocycles. The lowest BCUT2D eigenvalue weighted by Crippen LogP contribution is -2.39. The molecule has 1 N–H and O–H groups in total. The van der Waals surface area contributed by atoms with Gasteiger partial charge in [-0.25, -0.2) is 9.37 Å². The van der Waals surface area contributed by atoms with Crippen molar-refractivity contribution in [3.63, 3.8) is 0 Å². The Labute approximate surface area is 190 Å². The van der Waals surface area contributed by atoms with E-state index in [0.29, 0.717) is 22.3 Å². The Morgan fingerprint density at radius 2 is 1.84 bits per heavy atom. The molecule has 9 heteroatoms. The summed E-state index contributed by atoms with van der Waals surface area (Å²) in [7, 11) is 0. The van der Waals surface area contributed by atoms with Crippen LogP contribution < -0.4 is 5.32 Å². The Hall–Kier alpha value is -2.81. The fraction of sp³-hybridized carbons (Fsp3) is 0.478. The number of halogens is 1. The lowest BCUT2D eigenvalue weighted by atomic mass is 9.99. The van der Waals surface area contributed by atoms with Crippen molar-refractivity contribution in [2.75, 3.05) is 25.0 Å². The molecule has 7 nitrogen and oxygen atoms in total. The van der Waals surface area contributed by atoms with Gasteiger partial charge in [0.1, 0.15) is 12.4 Å². The number of thiazole rings is 1. The highest BCUT2D eigenvalue weighted by molar-refractivity contribution is 7.13.